The van der Waals surface area contributed by atoms with Gasteiger partial charge in [-0.3, -0.25) is 4.65 Å². The van der Waals surface area contributed by atoms with Crippen LogP contribution in [0.3, 0.4) is 0 Å². The van der Waals surface area contributed by atoms with E-state index in [1.54, 1.807) is 24.3 Å². The molecule has 2 heterocycles. The predicted molar refractivity (Wildman–Crippen MR) is 112 cm³/mol. The van der Waals surface area contributed by atoms with Gasteiger partial charge in [-0.15, -0.1) is 0 Å². The molecule has 142 valence electrons. The number of para-hydroxylation sites is 1. The standard InChI is InChI=1S/C21H24ClN3O2/c1-23-10-12-24(13-11-23)21-5-3-2-4-17(21)14-20-15-25(26,16-27-20)19-8-6-18(22)7-9-19/h2-9,14H,10-13,15-16H2,1H3. The Bertz CT molecular complexity index is 832. The summed E-state index contributed by atoms with van der Waals surface area (Å²) < 4.78 is 5.26. The number of hydroxylamine groups is 2. The molecule has 27 heavy (non-hydrogen) atoms. The quantitative estimate of drug-likeness (QED) is 0.593. The van der Waals surface area contributed by atoms with Crippen LogP contribution in [0.1, 0.15) is 5.56 Å². The second-order valence-electron chi connectivity index (χ2n) is 7.26. The highest BCUT2D eigenvalue weighted by Gasteiger charge is 2.31. The second kappa shape index (κ2) is 7.52. The first-order chi connectivity index (χ1) is 13.0. The summed E-state index contributed by atoms with van der Waals surface area (Å²) in [6, 6.07) is 15.4. The average molecular weight is 386 g/mol. The maximum absolute atomic E-state index is 13.2. The van der Waals surface area contributed by atoms with Crippen molar-refractivity contribution in [1.29, 1.82) is 0 Å². The molecule has 0 saturated carbocycles. The monoisotopic (exact) mass is 385 g/mol. The number of piperazine rings is 1. The van der Waals surface area contributed by atoms with Gasteiger partial charge in [0.1, 0.15) is 12.2 Å². The first kappa shape index (κ1) is 18.3. The summed E-state index contributed by atoms with van der Waals surface area (Å²) in [4.78, 5) is 4.74. The number of anilines is 1. The lowest BCUT2D eigenvalue weighted by molar-refractivity contribution is 0.203. The molecule has 0 bridgehead atoms. The lowest BCUT2D eigenvalue weighted by atomic mass is 10.1. The van der Waals surface area contributed by atoms with E-state index in [0.29, 0.717) is 17.3 Å². The van der Waals surface area contributed by atoms with E-state index in [4.69, 9.17) is 16.3 Å². The van der Waals surface area contributed by atoms with E-state index in [2.05, 4.69) is 35.0 Å². The minimum Gasteiger partial charge on any atom is -0.624 e. The van der Waals surface area contributed by atoms with Crippen LogP contribution in [0.15, 0.2) is 54.3 Å². The topological polar surface area (TPSA) is 38.8 Å². The minimum absolute atomic E-state index is 0.0874. The molecular formula is C21H24ClN3O2. The third-order valence-electron chi connectivity index (χ3n) is 5.26. The van der Waals surface area contributed by atoms with Crippen molar-refractivity contribution in [1.82, 2.24) is 9.55 Å². The van der Waals surface area contributed by atoms with E-state index < -0.39 is 4.65 Å². The molecule has 2 fully saturated rings. The number of hydrogen-bond donors (Lipinski definition) is 0. The third-order valence-corrected chi connectivity index (χ3v) is 5.52. The van der Waals surface area contributed by atoms with Crippen LogP contribution in [0.2, 0.25) is 5.02 Å². The van der Waals surface area contributed by atoms with Crippen LogP contribution in [0.4, 0.5) is 11.4 Å². The molecule has 5 nitrogen and oxygen atoms in total. The molecule has 0 N–H and O–H groups in total. The number of ether oxygens (including phenoxy) is 1. The van der Waals surface area contributed by atoms with Crippen molar-refractivity contribution in [3.05, 3.63) is 70.1 Å². The Morgan fingerprint density at radius 2 is 1.74 bits per heavy atom. The molecule has 4 rings (SSSR count). The summed E-state index contributed by atoms with van der Waals surface area (Å²) in [5, 5.41) is 13.8. The molecule has 6 heteroatoms. The summed E-state index contributed by atoms with van der Waals surface area (Å²) in [5.74, 6) is 0.724. The summed E-state index contributed by atoms with van der Waals surface area (Å²) in [5.41, 5.74) is 2.96. The normalized spacial score (nSPS) is 25.0. The van der Waals surface area contributed by atoms with Gasteiger partial charge in [0.15, 0.2) is 5.76 Å². The van der Waals surface area contributed by atoms with Crippen LogP contribution in [0.5, 0.6) is 0 Å². The lowest BCUT2D eigenvalue weighted by Gasteiger charge is -2.35. The Morgan fingerprint density at radius 3 is 2.48 bits per heavy atom. The Balaban J connectivity index is 1.55. The molecule has 0 amide bonds. The van der Waals surface area contributed by atoms with Gasteiger partial charge < -0.3 is 19.7 Å². The van der Waals surface area contributed by atoms with E-state index >= 15 is 0 Å². The fourth-order valence-corrected chi connectivity index (χ4v) is 3.74. The fraction of sp³-hybridized carbons (Fsp3) is 0.333. The van der Waals surface area contributed by atoms with Crippen LogP contribution in [0.25, 0.3) is 6.08 Å². The second-order valence-corrected chi connectivity index (χ2v) is 7.69. The van der Waals surface area contributed by atoms with Crippen molar-refractivity contribution in [3.8, 4) is 0 Å². The lowest BCUT2D eigenvalue weighted by Crippen LogP contribution is -2.44. The van der Waals surface area contributed by atoms with Gasteiger partial charge in [-0.05, 0) is 31.3 Å². The highest BCUT2D eigenvalue weighted by molar-refractivity contribution is 6.30. The summed E-state index contributed by atoms with van der Waals surface area (Å²) in [6.07, 6.45) is 2.02. The van der Waals surface area contributed by atoms with Gasteiger partial charge in [0.25, 0.3) is 0 Å². The molecule has 2 saturated heterocycles. The molecule has 2 aromatic rings. The number of hydrogen-bond acceptors (Lipinski definition) is 4. The molecule has 0 radical (unpaired) electrons. The Morgan fingerprint density at radius 1 is 1.04 bits per heavy atom. The minimum atomic E-state index is -0.514. The summed E-state index contributed by atoms with van der Waals surface area (Å²) >= 11 is 5.94. The van der Waals surface area contributed by atoms with Crippen LogP contribution < -0.4 is 9.55 Å². The van der Waals surface area contributed by atoms with Gasteiger partial charge in [0, 0.05) is 54.6 Å². The third kappa shape index (κ3) is 3.96. The zero-order valence-corrected chi connectivity index (χ0v) is 16.2. The van der Waals surface area contributed by atoms with E-state index in [0.717, 1.165) is 37.5 Å². The van der Waals surface area contributed by atoms with Crippen molar-refractivity contribution in [2.75, 3.05) is 51.4 Å². The predicted octanol–water partition coefficient (Wildman–Crippen LogP) is 3.93. The van der Waals surface area contributed by atoms with Crippen molar-refractivity contribution in [2.24, 2.45) is 0 Å². The van der Waals surface area contributed by atoms with Crippen LogP contribution in [-0.4, -0.2) is 51.4 Å². The number of quaternary nitrogens is 1. The molecule has 2 aliphatic heterocycles. The maximum Gasteiger partial charge on any atom is 0.228 e. The zero-order valence-electron chi connectivity index (χ0n) is 15.5. The summed E-state index contributed by atoms with van der Waals surface area (Å²) in [6.45, 7) is 4.49. The van der Waals surface area contributed by atoms with Gasteiger partial charge in [0.05, 0.1) is 0 Å². The van der Waals surface area contributed by atoms with E-state index in [-0.39, 0.29) is 6.73 Å². The largest absolute Gasteiger partial charge is 0.624 e. The van der Waals surface area contributed by atoms with E-state index in [1.807, 2.05) is 12.1 Å². The molecule has 1 atom stereocenters. The van der Waals surface area contributed by atoms with Gasteiger partial charge in [0.2, 0.25) is 6.73 Å². The SMILES string of the molecule is CN1CCN(c2ccccc2C=C2C[N+]([O-])(c3ccc(Cl)cc3)CO2)CC1. The molecule has 1 unspecified atom stereocenters. The number of benzene rings is 2. The molecule has 2 aromatic carbocycles. The Hall–Kier alpha value is -2.05. The molecule has 0 aliphatic carbocycles. The van der Waals surface area contributed by atoms with Crippen LogP contribution in [0, 0.1) is 5.21 Å². The van der Waals surface area contributed by atoms with Crippen molar-refractivity contribution in [2.45, 2.75) is 0 Å². The highest BCUT2D eigenvalue weighted by Crippen LogP contribution is 2.32. The van der Waals surface area contributed by atoms with Gasteiger partial charge in [-0.25, -0.2) is 0 Å². The molecule has 0 aromatic heterocycles. The Labute approximate surface area is 165 Å². The smallest absolute Gasteiger partial charge is 0.228 e. The first-order valence-corrected chi connectivity index (χ1v) is 9.61. The Kier molecular flexibility index (Phi) is 5.10. The highest BCUT2D eigenvalue weighted by atomic mass is 35.5. The number of nitrogens with zero attached hydrogens (tertiary/aromatic N) is 3. The average Bonchev–Trinajstić information content (AvgIpc) is 3.05. The number of likely N-dealkylation sites (N-methyl/N-ethyl adjacent to an activating group) is 1. The van der Waals surface area contributed by atoms with Crippen molar-refractivity contribution < 1.29 is 4.74 Å². The zero-order chi connectivity index (χ0) is 18.9. The first-order valence-electron chi connectivity index (χ1n) is 9.24. The van der Waals surface area contributed by atoms with Crippen molar-refractivity contribution >= 4 is 29.1 Å². The van der Waals surface area contributed by atoms with Gasteiger partial charge in [-0.1, -0.05) is 29.8 Å². The fourth-order valence-electron chi connectivity index (χ4n) is 3.61. The van der Waals surface area contributed by atoms with Crippen LogP contribution in [-0.2, 0) is 4.74 Å². The van der Waals surface area contributed by atoms with Crippen LogP contribution >= 0.6 is 11.6 Å². The van der Waals surface area contributed by atoms with Gasteiger partial charge >= 0.3 is 0 Å². The summed E-state index contributed by atoms with van der Waals surface area (Å²) in [7, 11) is 2.15. The van der Waals surface area contributed by atoms with Crippen molar-refractivity contribution in [3.63, 3.8) is 0 Å². The molecular weight excluding hydrogens is 362 g/mol. The van der Waals surface area contributed by atoms with E-state index in [1.165, 1.54) is 5.69 Å². The number of rotatable bonds is 3. The maximum atomic E-state index is 13.2. The van der Waals surface area contributed by atoms with Gasteiger partial charge in [-0.2, -0.15) is 0 Å². The van der Waals surface area contributed by atoms with E-state index in [9.17, 15) is 5.21 Å². The molecule has 0 spiro atoms. The number of halogens is 1. The molecule has 2 aliphatic rings.